The number of halogens is 1. The Labute approximate surface area is 110 Å². The Bertz CT molecular complexity index is 705. The van der Waals surface area contributed by atoms with Gasteiger partial charge in [-0.15, -0.1) is 0 Å². The van der Waals surface area contributed by atoms with Gasteiger partial charge in [-0.05, 0) is 25.1 Å². The van der Waals surface area contributed by atoms with Gasteiger partial charge in [0, 0.05) is 13.2 Å². The maximum absolute atomic E-state index is 12.9. The number of aromatic nitrogens is 2. The standard InChI is InChI=1S/C11H13FN4O2S/c1-7-14-11(6-16(7)2)19(17,18)15-10-4-3-8(12)5-9(10)13/h3-6,15H,13H2,1-2H3. The maximum Gasteiger partial charge on any atom is 0.281 e. The number of imidazole rings is 1. The van der Waals surface area contributed by atoms with Crippen molar-refractivity contribution < 1.29 is 12.8 Å². The van der Waals surface area contributed by atoms with Crippen molar-refractivity contribution in [2.24, 2.45) is 7.05 Å². The molecule has 0 amide bonds. The first-order valence-electron chi connectivity index (χ1n) is 5.37. The minimum Gasteiger partial charge on any atom is -0.397 e. The topological polar surface area (TPSA) is 90.0 Å². The van der Waals surface area contributed by atoms with Gasteiger partial charge >= 0.3 is 0 Å². The first-order valence-corrected chi connectivity index (χ1v) is 6.86. The molecule has 0 fully saturated rings. The Kier molecular flexibility index (Phi) is 3.19. The minimum absolute atomic E-state index is 0.0104. The molecule has 0 saturated heterocycles. The normalized spacial score (nSPS) is 11.5. The Balaban J connectivity index is 2.36. The SMILES string of the molecule is Cc1nc(S(=O)(=O)Nc2ccc(F)cc2N)cn1C. The highest BCUT2D eigenvalue weighted by molar-refractivity contribution is 7.92. The smallest absolute Gasteiger partial charge is 0.281 e. The largest absolute Gasteiger partial charge is 0.397 e. The highest BCUT2D eigenvalue weighted by Crippen LogP contribution is 2.22. The Morgan fingerprint density at radius 1 is 1.42 bits per heavy atom. The molecule has 0 bridgehead atoms. The summed E-state index contributed by atoms with van der Waals surface area (Å²) in [5.41, 5.74) is 5.68. The van der Waals surface area contributed by atoms with Gasteiger partial charge in [-0.3, -0.25) is 4.72 Å². The van der Waals surface area contributed by atoms with Crippen LogP contribution in [-0.2, 0) is 17.1 Å². The average molecular weight is 284 g/mol. The zero-order valence-electron chi connectivity index (χ0n) is 10.4. The van der Waals surface area contributed by atoms with E-state index in [0.717, 1.165) is 12.1 Å². The number of nitrogens with one attached hydrogen (secondary N) is 1. The molecular formula is C11H13FN4O2S. The number of hydrogen-bond acceptors (Lipinski definition) is 4. The van der Waals surface area contributed by atoms with Crippen LogP contribution in [0, 0.1) is 12.7 Å². The van der Waals surface area contributed by atoms with E-state index in [1.54, 1.807) is 18.5 Å². The summed E-state index contributed by atoms with van der Waals surface area (Å²) in [6.07, 6.45) is 1.39. The lowest BCUT2D eigenvalue weighted by atomic mass is 10.3. The molecular weight excluding hydrogens is 271 g/mol. The van der Waals surface area contributed by atoms with Crippen LogP contribution in [0.4, 0.5) is 15.8 Å². The quantitative estimate of drug-likeness (QED) is 0.830. The molecule has 0 aliphatic rings. The van der Waals surface area contributed by atoms with Crippen LogP contribution in [0.15, 0.2) is 29.4 Å². The fourth-order valence-electron chi connectivity index (χ4n) is 1.48. The van der Waals surface area contributed by atoms with Crippen molar-refractivity contribution in [1.29, 1.82) is 0 Å². The molecule has 2 rings (SSSR count). The van der Waals surface area contributed by atoms with Gasteiger partial charge in [0.15, 0.2) is 5.03 Å². The molecule has 8 heteroatoms. The van der Waals surface area contributed by atoms with E-state index in [1.807, 2.05) is 0 Å². The lowest BCUT2D eigenvalue weighted by Gasteiger charge is -2.08. The summed E-state index contributed by atoms with van der Waals surface area (Å²) in [5.74, 6) is 0.0292. The van der Waals surface area contributed by atoms with Crippen LogP contribution in [-0.4, -0.2) is 18.0 Å². The number of benzene rings is 1. The van der Waals surface area contributed by atoms with Crippen LogP contribution in [0.1, 0.15) is 5.82 Å². The van der Waals surface area contributed by atoms with Crippen LogP contribution in [0.25, 0.3) is 0 Å². The van der Waals surface area contributed by atoms with Crippen LogP contribution < -0.4 is 10.5 Å². The Hall–Kier alpha value is -2.09. The van der Waals surface area contributed by atoms with Crippen molar-refractivity contribution >= 4 is 21.4 Å². The fourth-order valence-corrected chi connectivity index (χ4v) is 2.61. The van der Waals surface area contributed by atoms with Gasteiger partial charge in [0.1, 0.15) is 11.6 Å². The molecule has 0 aliphatic carbocycles. The first-order chi connectivity index (χ1) is 8.79. The summed E-state index contributed by atoms with van der Waals surface area (Å²) in [5, 5.41) is -0.115. The van der Waals surface area contributed by atoms with Gasteiger partial charge in [-0.2, -0.15) is 8.42 Å². The van der Waals surface area contributed by atoms with E-state index in [0.29, 0.717) is 5.82 Å². The van der Waals surface area contributed by atoms with Gasteiger partial charge in [-0.1, -0.05) is 0 Å². The van der Waals surface area contributed by atoms with Crippen LogP contribution in [0.2, 0.25) is 0 Å². The molecule has 3 N–H and O–H groups in total. The average Bonchev–Trinajstić information content (AvgIpc) is 2.64. The summed E-state index contributed by atoms with van der Waals surface area (Å²) in [6, 6.07) is 3.43. The zero-order valence-corrected chi connectivity index (χ0v) is 11.2. The number of aryl methyl sites for hydroxylation is 2. The second kappa shape index (κ2) is 4.54. The number of anilines is 2. The molecule has 2 aromatic rings. The lowest BCUT2D eigenvalue weighted by molar-refractivity contribution is 0.598. The van der Waals surface area contributed by atoms with E-state index in [1.165, 1.54) is 12.3 Å². The maximum atomic E-state index is 12.9. The van der Waals surface area contributed by atoms with Gasteiger partial charge in [0.25, 0.3) is 10.0 Å². The van der Waals surface area contributed by atoms with E-state index >= 15 is 0 Å². The monoisotopic (exact) mass is 284 g/mol. The van der Waals surface area contributed by atoms with Crippen molar-refractivity contribution in [3.8, 4) is 0 Å². The third-order valence-electron chi connectivity index (χ3n) is 2.62. The summed E-state index contributed by atoms with van der Waals surface area (Å²) < 4.78 is 40.9. The van der Waals surface area contributed by atoms with Crippen LogP contribution in [0.3, 0.4) is 0 Å². The Morgan fingerprint density at radius 3 is 2.63 bits per heavy atom. The van der Waals surface area contributed by atoms with E-state index in [2.05, 4.69) is 9.71 Å². The molecule has 0 saturated carbocycles. The molecule has 0 atom stereocenters. The summed E-state index contributed by atoms with van der Waals surface area (Å²) in [4.78, 5) is 3.92. The fraction of sp³-hybridized carbons (Fsp3) is 0.182. The predicted octanol–water partition coefficient (Wildman–Crippen LogP) is 1.25. The summed E-state index contributed by atoms with van der Waals surface area (Å²) in [7, 11) is -2.15. The molecule has 6 nitrogen and oxygen atoms in total. The molecule has 0 radical (unpaired) electrons. The Morgan fingerprint density at radius 2 is 2.11 bits per heavy atom. The molecule has 0 unspecified atom stereocenters. The number of nitrogen functional groups attached to an aromatic ring is 1. The van der Waals surface area contributed by atoms with Gasteiger partial charge in [0.2, 0.25) is 0 Å². The van der Waals surface area contributed by atoms with Crippen LogP contribution >= 0.6 is 0 Å². The van der Waals surface area contributed by atoms with Crippen LogP contribution in [0.5, 0.6) is 0 Å². The molecule has 1 aromatic carbocycles. The number of hydrogen-bond donors (Lipinski definition) is 2. The van der Waals surface area contributed by atoms with E-state index < -0.39 is 15.8 Å². The zero-order chi connectivity index (χ0) is 14.2. The third kappa shape index (κ3) is 2.68. The van der Waals surface area contributed by atoms with Crippen molar-refractivity contribution in [1.82, 2.24) is 9.55 Å². The lowest BCUT2D eigenvalue weighted by Crippen LogP contribution is -2.14. The molecule has 19 heavy (non-hydrogen) atoms. The molecule has 0 aliphatic heterocycles. The van der Waals surface area contributed by atoms with E-state index in [4.69, 9.17) is 5.73 Å². The first kappa shape index (κ1) is 13.3. The second-order valence-corrected chi connectivity index (χ2v) is 5.70. The molecule has 0 spiro atoms. The number of nitrogens with zero attached hydrogens (tertiary/aromatic N) is 2. The predicted molar refractivity (Wildman–Crippen MR) is 69.6 cm³/mol. The van der Waals surface area contributed by atoms with E-state index in [9.17, 15) is 12.8 Å². The molecule has 1 heterocycles. The van der Waals surface area contributed by atoms with Crippen molar-refractivity contribution in [3.05, 3.63) is 36.0 Å². The van der Waals surface area contributed by atoms with Gasteiger partial charge < -0.3 is 10.3 Å². The van der Waals surface area contributed by atoms with Crippen molar-refractivity contribution in [2.75, 3.05) is 10.5 Å². The minimum atomic E-state index is -3.83. The highest BCUT2D eigenvalue weighted by Gasteiger charge is 2.19. The summed E-state index contributed by atoms with van der Waals surface area (Å²) in [6.45, 7) is 1.69. The van der Waals surface area contributed by atoms with E-state index in [-0.39, 0.29) is 16.4 Å². The number of sulfonamides is 1. The molecule has 102 valence electrons. The van der Waals surface area contributed by atoms with Crippen molar-refractivity contribution in [2.45, 2.75) is 11.9 Å². The van der Waals surface area contributed by atoms with Gasteiger partial charge in [-0.25, -0.2) is 9.37 Å². The van der Waals surface area contributed by atoms with Gasteiger partial charge in [0.05, 0.1) is 11.4 Å². The number of rotatable bonds is 3. The van der Waals surface area contributed by atoms with Crippen molar-refractivity contribution in [3.63, 3.8) is 0 Å². The number of nitrogens with two attached hydrogens (primary N) is 1. The summed E-state index contributed by atoms with van der Waals surface area (Å²) >= 11 is 0. The highest BCUT2D eigenvalue weighted by atomic mass is 32.2. The molecule has 1 aromatic heterocycles. The third-order valence-corrected chi connectivity index (χ3v) is 3.86. The second-order valence-electron chi connectivity index (χ2n) is 4.07.